The first-order valence-corrected chi connectivity index (χ1v) is 10.7. The van der Waals surface area contributed by atoms with Crippen molar-refractivity contribution in [1.29, 1.82) is 0 Å². The second kappa shape index (κ2) is 8.15. The van der Waals surface area contributed by atoms with Gasteiger partial charge in [-0.3, -0.25) is 4.98 Å². The molecule has 5 nitrogen and oxygen atoms in total. The fourth-order valence-electron chi connectivity index (χ4n) is 4.14. The van der Waals surface area contributed by atoms with E-state index in [4.69, 9.17) is 0 Å². The number of anilines is 1. The molecular formula is C24H32N4O. The molecule has 5 heteroatoms. The molecule has 0 aliphatic carbocycles. The molecule has 29 heavy (non-hydrogen) atoms. The van der Waals surface area contributed by atoms with Crippen molar-refractivity contribution in [2.75, 3.05) is 38.0 Å². The summed E-state index contributed by atoms with van der Waals surface area (Å²) in [7, 11) is 0. The lowest BCUT2D eigenvalue weighted by Crippen LogP contribution is -2.50. The molecule has 1 aromatic heterocycles. The molecule has 0 bridgehead atoms. The maximum atomic E-state index is 12.5. The molecule has 2 aliphatic rings. The summed E-state index contributed by atoms with van der Waals surface area (Å²) in [6.07, 6.45) is 4.88. The second-order valence-corrected chi connectivity index (χ2v) is 9.35. The number of carbonyl (C=O) groups is 1. The van der Waals surface area contributed by atoms with Crippen LogP contribution < -0.4 is 5.32 Å². The first kappa shape index (κ1) is 19.9. The molecule has 0 atom stereocenters. The van der Waals surface area contributed by atoms with Gasteiger partial charge in [-0.05, 0) is 41.2 Å². The van der Waals surface area contributed by atoms with E-state index < -0.39 is 0 Å². The van der Waals surface area contributed by atoms with E-state index in [1.165, 1.54) is 24.1 Å². The van der Waals surface area contributed by atoms with Crippen LogP contribution in [0, 0.1) is 5.41 Å². The maximum absolute atomic E-state index is 12.5. The molecule has 2 aliphatic heterocycles. The van der Waals surface area contributed by atoms with Crippen LogP contribution in [0.15, 0.2) is 48.8 Å². The molecule has 3 heterocycles. The zero-order chi connectivity index (χ0) is 20.4. The Labute approximate surface area is 174 Å². The summed E-state index contributed by atoms with van der Waals surface area (Å²) in [5, 5.41) is 3.03. The van der Waals surface area contributed by atoms with E-state index in [0.29, 0.717) is 17.3 Å². The molecule has 4 rings (SSSR count). The Morgan fingerprint density at radius 1 is 1.07 bits per heavy atom. The minimum Gasteiger partial charge on any atom is -0.323 e. The van der Waals surface area contributed by atoms with Gasteiger partial charge in [-0.15, -0.1) is 0 Å². The molecule has 0 radical (unpaired) electrons. The molecule has 2 aromatic rings. The van der Waals surface area contributed by atoms with Gasteiger partial charge in [0.05, 0.1) is 0 Å². The molecular weight excluding hydrogens is 360 g/mol. The number of benzene rings is 1. The Morgan fingerprint density at radius 3 is 2.38 bits per heavy atom. The van der Waals surface area contributed by atoms with Crippen LogP contribution in [0.1, 0.15) is 50.2 Å². The zero-order valence-corrected chi connectivity index (χ0v) is 17.8. The Bertz CT molecular complexity index is 822. The number of urea groups is 1. The third kappa shape index (κ3) is 4.61. The predicted molar refractivity (Wildman–Crippen MR) is 117 cm³/mol. The SMILES string of the molecule is CCC(C)(C)CN1CC(c2ccc(NC(=O)N3CC(c4cccnc4)C3)cc2)C1. The molecule has 0 unspecified atom stereocenters. The lowest BCUT2D eigenvalue weighted by molar-refractivity contribution is 0.0914. The van der Waals surface area contributed by atoms with Gasteiger partial charge in [0, 0.05) is 62.6 Å². The average molecular weight is 393 g/mol. The van der Waals surface area contributed by atoms with Crippen molar-refractivity contribution in [1.82, 2.24) is 14.8 Å². The highest BCUT2D eigenvalue weighted by atomic mass is 16.2. The van der Waals surface area contributed by atoms with Crippen LogP contribution in [-0.4, -0.2) is 53.5 Å². The number of hydrogen-bond donors (Lipinski definition) is 1. The lowest BCUT2D eigenvalue weighted by Gasteiger charge is -2.43. The average Bonchev–Trinajstić information content (AvgIpc) is 2.65. The third-order valence-electron chi connectivity index (χ3n) is 6.52. The Balaban J connectivity index is 1.23. The summed E-state index contributed by atoms with van der Waals surface area (Å²) in [6, 6.07) is 12.4. The summed E-state index contributed by atoms with van der Waals surface area (Å²) in [6.45, 7) is 11.9. The van der Waals surface area contributed by atoms with E-state index in [0.717, 1.165) is 31.9 Å². The topological polar surface area (TPSA) is 48.5 Å². The Hall–Kier alpha value is -2.40. The smallest absolute Gasteiger partial charge is 0.321 e. The summed E-state index contributed by atoms with van der Waals surface area (Å²) in [5.41, 5.74) is 3.84. The van der Waals surface area contributed by atoms with Crippen molar-refractivity contribution in [2.45, 2.75) is 39.0 Å². The first-order chi connectivity index (χ1) is 13.9. The number of nitrogens with zero attached hydrogens (tertiary/aromatic N) is 3. The van der Waals surface area contributed by atoms with E-state index in [9.17, 15) is 4.79 Å². The molecule has 2 saturated heterocycles. The van der Waals surface area contributed by atoms with Crippen molar-refractivity contribution in [2.24, 2.45) is 5.41 Å². The van der Waals surface area contributed by atoms with Gasteiger partial charge in [0.15, 0.2) is 0 Å². The van der Waals surface area contributed by atoms with Crippen LogP contribution in [-0.2, 0) is 0 Å². The molecule has 2 fully saturated rings. The lowest BCUT2D eigenvalue weighted by atomic mass is 9.85. The van der Waals surface area contributed by atoms with Crippen LogP contribution >= 0.6 is 0 Å². The highest BCUT2D eigenvalue weighted by Crippen LogP contribution is 2.32. The van der Waals surface area contributed by atoms with Gasteiger partial charge in [-0.1, -0.05) is 39.0 Å². The van der Waals surface area contributed by atoms with Crippen molar-refractivity contribution < 1.29 is 4.79 Å². The zero-order valence-electron chi connectivity index (χ0n) is 17.8. The van der Waals surface area contributed by atoms with Gasteiger partial charge in [0.2, 0.25) is 0 Å². The third-order valence-corrected chi connectivity index (χ3v) is 6.52. The Morgan fingerprint density at radius 2 is 1.76 bits per heavy atom. The number of hydrogen-bond acceptors (Lipinski definition) is 3. The highest BCUT2D eigenvalue weighted by Gasteiger charge is 2.33. The number of nitrogens with one attached hydrogen (secondary N) is 1. The quantitative estimate of drug-likeness (QED) is 0.785. The minimum atomic E-state index is -0.0190. The summed E-state index contributed by atoms with van der Waals surface area (Å²) < 4.78 is 0. The van der Waals surface area contributed by atoms with E-state index in [1.54, 1.807) is 6.20 Å². The van der Waals surface area contributed by atoms with Crippen molar-refractivity contribution in [3.63, 3.8) is 0 Å². The molecule has 0 saturated carbocycles. The van der Waals surface area contributed by atoms with Crippen molar-refractivity contribution in [3.8, 4) is 0 Å². The van der Waals surface area contributed by atoms with Crippen molar-refractivity contribution >= 4 is 11.7 Å². The van der Waals surface area contributed by atoms with Crippen LogP contribution in [0.2, 0.25) is 0 Å². The van der Waals surface area contributed by atoms with Crippen LogP contribution in [0.4, 0.5) is 10.5 Å². The number of aromatic nitrogens is 1. The molecule has 0 spiro atoms. The van der Waals surface area contributed by atoms with Crippen LogP contribution in [0.5, 0.6) is 0 Å². The van der Waals surface area contributed by atoms with E-state index in [1.807, 2.05) is 29.3 Å². The number of likely N-dealkylation sites (tertiary alicyclic amines) is 2. The fourth-order valence-corrected chi connectivity index (χ4v) is 4.14. The van der Waals surface area contributed by atoms with Gasteiger partial charge in [-0.25, -0.2) is 4.79 Å². The van der Waals surface area contributed by atoms with Crippen LogP contribution in [0.25, 0.3) is 0 Å². The number of carbonyl (C=O) groups excluding carboxylic acids is 1. The monoisotopic (exact) mass is 392 g/mol. The van der Waals surface area contributed by atoms with Crippen molar-refractivity contribution in [3.05, 3.63) is 59.9 Å². The number of pyridine rings is 1. The largest absolute Gasteiger partial charge is 0.323 e. The van der Waals surface area contributed by atoms with Crippen LogP contribution in [0.3, 0.4) is 0 Å². The molecule has 2 amide bonds. The normalized spacial score (nSPS) is 18.2. The van der Waals surface area contributed by atoms with Gasteiger partial charge in [0.1, 0.15) is 0 Å². The summed E-state index contributed by atoms with van der Waals surface area (Å²) >= 11 is 0. The summed E-state index contributed by atoms with van der Waals surface area (Å²) in [4.78, 5) is 21.0. The summed E-state index contributed by atoms with van der Waals surface area (Å²) in [5.74, 6) is 1.01. The van der Waals surface area contributed by atoms with E-state index >= 15 is 0 Å². The predicted octanol–water partition coefficient (Wildman–Crippen LogP) is 4.55. The van der Waals surface area contributed by atoms with E-state index in [-0.39, 0.29) is 6.03 Å². The molecule has 1 aromatic carbocycles. The van der Waals surface area contributed by atoms with Gasteiger partial charge < -0.3 is 15.1 Å². The van der Waals surface area contributed by atoms with E-state index in [2.05, 4.69) is 54.2 Å². The standard InChI is InChI=1S/C24H32N4O/c1-4-24(2,3)17-27-13-20(14-27)18-7-9-22(10-8-18)26-23(29)28-15-21(16-28)19-6-5-11-25-12-19/h5-12,20-21H,4,13-17H2,1-3H3,(H,26,29). The number of rotatable bonds is 6. The second-order valence-electron chi connectivity index (χ2n) is 9.35. The first-order valence-electron chi connectivity index (χ1n) is 10.7. The van der Waals surface area contributed by atoms with Gasteiger partial charge in [0.25, 0.3) is 0 Å². The van der Waals surface area contributed by atoms with Gasteiger partial charge >= 0.3 is 6.03 Å². The Kier molecular flexibility index (Phi) is 5.59. The maximum Gasteiger partial charge on any atom is 0.321 e. The van der Waals surface area contributed by atoms with Gasteiger partial charge in [-0.2, -0.15) is 0 Å². The highest BCUT2D eigenvalue weighted by molar-refractivity contribution is 5.90. The number of amides is 2. The minimum absolute atomic E-state index is 0.0190. The molecule has 154 valence electrons. The fraction of sp³-hybridized carbons (Fsp3) is 0.500. The molecule has 1 N–H and O–H groups in total.